The molecule has 1 atom stereocenters. The van der Waals surface area contributed by atoms with Crippen LogP contribution in [0.3, 0.4) is 0 Å². The molecule has 0 saturated carbocycles. The lowest BCUT2D eigenvalue weighted by molar-refractivity contribution is -0.384. The number of non-ortho nitro benzene ring substituents is 1. The van der Waals surface area contributed by atoms with Crippen LogP contribution in [0.15, 0.2) is 42.5 Å². The maximum Gasteiger partial charge on any atom is 0.270 e. The number of nitrogens with zero attached hydrogens (tertiary/aromatic N) is 3. The van der Waals surface area contributed by atoms with Crippen molar-refractivity contribution in [2.24, 2.45) is 0 Å². The highest BCUT2D eigenvalue weighted by molar-refractivity contribution is 7.22. The van der Waals surface area contributed by atoms with E-state index in [4.69, 9.17) is 9.72 Å². The van der Waals surface area contributed by atoms with Crippen molar-refractivity contribution in [2.75, 3.05) is 18.6 Å². The van der Waals surface area contributed by atoms with E-state index in [0.717, 1.165) is 40.5 Å². The van der Waals surface area contributed by atoms with Gasteiger partial charge in [0, 0.05) is 18.7 Å². The molecular weight excluding hydrogens is 338 g/mol. The van der Waals surface area contributed by atoms with Gasteiger partial charge in [-0.2, -0.15) is 0 Å². The van der Waals surface area contributed by atoms with E-state index >= 15 is 0 Å². The third-order valence-corrected chi connectivity index (χ3v) is 5.60. The normalized spacial score (nSPS) is 17.2. The number of thiazole rings is 1. The van der Waals surface area contributed by atoms with Crippen molar-refractivity contribution in [3.05, 3.63) is 58.1 Å². The Morgan fingerprint density at radius 2 is 2.20 bits per heavy atom. The molecule has 2 aromatic carbocycles. The second-order valence-corrected chi connectivity index (χ2v) is 7.04. The Balaban J connectivity index is 1.70. The molecule has 1 aromatic heterocycles. The SMILES string of the molecule is COc1cccc(C2CCCN2c2nc3ccc([N+](=O)[O-])cc3s2)c1. The fraction of sp³-hybridized carbons (Fsp3) is 0.278. The molecule has 6 nitrogen and oxygen atoms in total. The van der Waals surface area contributed by atoms with E-state index < -0.39 is 0 Å². The van der Waals surface area contributed by atoms with Crippen molar-refractivity contribution >= 4 is 32.4 Å². The molecule has 0 bridgehead atoms. The first-order valence-corrected chi connectivity index (χ1v) is 8.93. The number of rotatable bonds is 4. The molecular formula is C18H17N3O3S. The highest BCUT2D eigenvalue weighted by Gasteiger charge is 2.29. The number of nitro benzene ring substituents is 1. The van der Waals surface area contributed by atoms with E-state index in [-0.39, 0.29) is 16.7 Å². The van der Waals surface area contributed by atoms with Gasteiger partial charge in [-0.1, -0.05) is 23.5 Å². The van der Waals surface area contributed by atoms with Crippen molar-refractivity contribution < 1.29 is 9.66 Å². The zero-order valence-corrected chi connectivity index (χ0v) is 14.5. The quantitative estimate of drug-likeness (QED) is 0.507. The van der Waals surface area contributed by atoms with Gasteiger partial charge >= 0.3 is 0 Å². The summed E-state index contributed by atoms with van der Waals surface area (Å²) in [5, 5.41) is 11.9. The summed E-state index contributed by atoms with van der Waals surface area (Å²) in [7, 11) is 1.67. The van der Waals surface area contributed by atoms with Gasteiger partial charge in [-0.25, -0.2) is 4.98 Å². The van der Waals surface area contributed by atoms with Gasteiger partial charge in [-0.05, 0) is 36.6 Å². The first-order chi connectivity index (χ1) is 12.2. The van der Waals surface area contributed by atoms with Crippen molar-refractivity contribution in [3.8, 4) is 5.75 Å². The van der Waals surface area contributed by atoms with Gasteiger partial charge in [0.25, 0.3) is 5.69 Å². The van der Waals surface area contributed by atoms with Crippen molar-refractivity contribution in [3.63, 3.8) is 0 Å². The lowest BCUT2D eigenvalue weighted by Gasteiger charge is -2.24. The Morgan fingerprint density at radius 3 is 3.00 bits per heavy atom. The molecule has 1 saturated heterocycles. The van der Waals surface area contributed by atoms with E-state index in [1.54, 1.807) is 19.2 Å². The lowest BCUT2D eigenvalue weighted by atomic mass is 10.0. The Morgan fingerprint density at radius 1 is 1.32 bits per heavy atom. The molecule has 0 radical (unpaired) electrons. The molecule has 0 N–H and O–H groups in total. The summed E-state index contributed by atoms with van der Waals surface area (Å²) in [6.45, 7) is 0.934. The predicted octanol–water partition coefficient (Wildman–Crippen LogP) is 4.55. The van der Waals surface area contributed by atoms with Crippen LogP contribution < -0.4 is 9.64 Å². The van der Waals surface area contributed by atoms with Crippen LogP contribution in [-0.4, -0.2) is 23.6 Å². The molecule has 7 heteroatoms. The maximum absolute atomic E-state index is 11.0. The third kappa shape index (κ3) is 2.91. The summed E-state index contributed by atoms with van der Waals surface area (Å²) in [5.74, 6) is 0.851. The fourth-order valence-electron chi connectivity index (χ4n) is 3.33. The van der Waals surface area contributed by atoms with E-state index in [9.17, 15) is 10.1 Å². The van der Waals surface area contributed by atoms with Gasteiger partial charge in [0.05, 0.1) is 28.3 Å². The Bertz CT molecular complexity index is 940. The molecule has 2 heterocycles. The number of hydrogen-bond donors (Lipinski definition) is 0. The van der Waals surface area contributed by atoms with Crippen LogP contribution in [0.4, 0.5) is 10.8 Å². The van der Waals surface area contributed by atoms with Gasteiger partial charge in [0.1, 0.15) is 5.75 Å². The Kier molecular flexibility index (Phi) is 4.01. The molecule has 3 aromatic rings. The summed E-state index contributed by atoms with van der Waals surface area (Å²) in [5.41, 5.74) is 2.12. The van der Waals surface area contributed by atoms with Crippen LogP contribution in [0.5, 0.6) is 5.75 Å². The number of anilines is 1. The van der Waals surface area contributed by atoms with Gasteiger partial charge in [-0.15, -0.1) is 0 Å². The second-order valence-electron chi connectivity index (χ2n) is 6.03. The van der Waals surface area contributed by atoms with Crippen LogP contribution in [-0.2, 0) is 0 Å². The molecule has 1 aliphatic heterocycles. The van der Waals surface area contributed by atoms with Crippen LogP contribution >= 0.6 is 11.3 Å². The first-order valence-electron chi connectivity index (χ1n) is 8.11. The molecule has 1 unspecified atom stereocenters. The smallest absolute Gasteiger partial charge is 0.270 e. The van der Waals surface area contributed by atoms with Crippen LogP contribution in [0, 0.1) is 10.1 Å². The molecule has 1 aliphatic rings. The zero-order valence-electron chi connectivity index (χ0n) is 13.7. The minimum Gasteiger partial charge on any atom is -0.497 e. The third-order valence-electron chi connectivity index (χ3n) is 4.55. The molecule has 1 fully saturated rings. The summed E-state index contributed by atoms with van der Waals surface area (Å²) in [6.07, 6.45) is 2.15. The highest BCUT2D eigenvalue weighted by atomic mass is 32.1. The van der Waals surface area contributed by atoms with Crippen molar-refractivity contribution in [1.29, 1.82) is 0 Å². The number of fused-ring (bicyclic) bond motifs is 1. The van der Waals surface area contributed by atoms with Gasteiger partial charge in [0.2, 0.25) is 0 Å². The Labute approximate surface area is 148 Å². The second kappa shape index (κ2) is 6.33. The summed E-state index contributed by atoms with van der Waals surface area (Å²) >= 11 is 1.51. The van der Waals surface area contributed by atoms with Crippen LogP contribution in [0.25, 0.3) is 10.2 Å². The largest absolute Gasteiger partial charge is 0.497 e. The molecule has 0 amide bonds. The summed E-state index contributed by atoms with van der Waals surface area (Å²) in [6, 6.07) is 13.2. The molecule has 4 rings (SSSR count). The van der Waals surface area contributed by atoms with Crippen LogP contribution in [0.1, 0.15) is 24.4 Å². The number of benzene rings is 2. The lowest BCUT2D eigenvalue weighted by Crippen LogP contribution is -2.22. The maximum atomic E-state index is 11.0. The van der Waals surface area contributed by atoms with Gasteiger partial charge in [-0.3, -0.25) is 10.1 Å². The van der Waals surface area contributed by atoms with E-state index in [2.05, 4.69) is 17.0 Å². The minimum absolute atomic E-state index is 0.105. The fourth-order valence-corrected chi connectivity index (χ4v) is 4.40. The standard InChI is InChI=1S/C18H17N3O3S/c1-24-14-5-2-4-12(10-14)16-6-3-9-20(16)18-19-15-8-7-13(21(22)23)11-17(15)25-18/h2,4-5,7-8,10-11,16H,3,6,9H2,1H3. The van der Waals surface area contributed by atoms with E-state index in [1.807, 2.05) is 12.1 Å². The molecule has 128 valence electrons. The van der Waals surface area contributed by atoms with Gasteiger partial charge in [0.15, 0.2) is 5.13 Å². The minimum atomic E-state index is -0.367. The predicted molar refractivity (Wildman–Crippen MR) is 98.6 cm³/mol. The van der Waals surface area contributed by atoms with Gasteiger partial charge < -0.3 is 9.64 Å². The zero-order chi connectivity index (χ0) is 17.4. The highest BCUT2D eigenvalue weighted by Crippen LogP contribution is 2.40. The molecule has 25 heavy (non-hydrogen) atoms. The number of hydrogen-bond acceptors (Lipinski definition) is 6. The van der Waals surface area contributed by atoms with Crippen molar-refractivity contribution in [1.82, 2.24) is 4.98 Å². The number of aromatic nitrogens is 1. The summed E-state index contributed by atoms with van der Waals surface area (Å²) in [4.78, 5) is 17.6. The van der Waals surface area contributed by atoms with Crippen molar-refractivity contribution in [2.45, 2.75) is 18.9 Å². The molecule has 0 spiro atoms. The molecule has 0 aliphatic carbocycles. The average Bonchev–Trinajstić information content (AvgIpc) is 3.27. The first kappa shape index (κ1) is 15.8. The number of methoxy groups -OCH3 is 1. The summed E-state index contributed by atoms with van der Waals surface area (Å²) < 4.78 is 6.19. The monoisotopic (exact) mass is 355 g/mol. The topological polar surface area (TPSA) is 68.5 Å². The average molecular weight is 355 g/mol. The Hall–Kier alpha value is -2.67. The van der Waals surface area contributed by atoms with E-state index in [0.29, 0.717) is 0 Å². The number of ether oxygens (including phenoxy) is 1. The number of nitro groups is 1. The van der Waals surface area contributed by atoms with Crippen LogP contribution in [0.2, 0.25) is 0 Å². The van der Waals surface area contributed by atoms with E-state index in [1.165, 1.54) is 23.0 Å².